The molecule has 0 fully saturated rings. The van der Waals surface area contributed by atoms with Crippen molar-refractivity contribution in [3.63, 3.8) is 0 Å². The van der Waals surface area contributed by atoms with E-state index >= 15 is 0 Å². The summed E-state index contributed by atoms with van der Waals surface area (Å²) >= 11 is 17.6. The molecule has 0 aromatic heterocycles. The Bertz CT molecular complexity index is 401. The maximum Gasteiger partial charge on any atom is 0.156 e. The molecular formula is C10H11Cl3N2O2. The van der Waals surface area contributed by atoms with Crippen molar-refractivity contribution in [2.45, 2.75) is 12.8 Å². The zero-order chi connectivity index (χ0) is 12.8. The van der Waals surface area contributed by atoms with Crippen LogP contribution in [0.5, 0.6) is 5.75 Å². The van der Waals surface area contributed by atoms with E-state index < -0.39 is 0 Å². The van der Waals surface area contributed by atoms with Gasteiger partial charge < -0.3 is 15.7 Å². The van der Waals surface area contributed by atoms with E-state index in [1.807, 2.05) is 0 Å². The monoisotopic (exact) mass is 296 g/mol. The van der Waals surface area contributed by atoms with E-state index in [1.54, 1.807) is 12.1 Å². The minimum absolute atomic E-state index is 0.155. The Morgan fingerprint density at radius 3 is 2.41 bits per heavy atom. The van der Waals surface area contributed by atoms with Gasteiger partial charge in [-0.15, -0.1) is 0 Å². The third-order valence-electron chi connectivity index (χ3n) is 1.92. The van der Waals surface area contributed by atoms with Gasteiger partial charge in [-0.2, -0.15) is 0 Å². The van der Waals surface area contributed by atoms with Crippen molar-refractivity contribution in [2.75, 3.05) is 6.61 Å². The second-order valence-corrected chi connectivity index (χ2v) is 4.49. The first kappa shape index (κ1) is 14.2. The summed E-state index contributed by atoms with van der Waals surface area (Å²) in [7, 11) is 0. The van der Waals surface area contributed by atoms with E-state index in [1.165, 1.54) is 0 Å². The van der Waals surface area contributed by atoms with E-state index in [2.05, 4.69) is 5.16 Å². The maximum atomic E-state index is 8.34. The molecule has 1 rings (SSSR count). The Balaban J connectivity index is 2.52. The molecule has 94 valence electrons. The quantitative estimate of drug-likeness (QED) is 0.287. The molecule has 0 aliphatic rings. The third-order valence-corrected chi connectivity index (χ3v) is 2.69. The van der Waals surface area contributed by atoms with Gasteiger partial charge in [-0.3, -0.25) is 0 Å². The van der Waals surface area contributed by atoms with Crippen molar-refractivity contribution in [1.29, 1.82) is 0 Å². The molecule has 0 bridgehead atoms. The van der Waals surface area contributed by atoms with Gasteiger partial charge in [-0.25, -0.2) is 0 Å². The van der Waals surface area contributed by atoms with E-state index in [0.717, 1.165) is 0 Å². The minimum atomic E-state index is 0.155. The van der Waals surface area contributed by atoms with Gasteiger partial charge in [-0.05, 0) is 18.6 Å². The molecule has 7 heteroatoms. The number of nitrogens with two attached hydrogens (primary N) is 1. The van der Waals surface area contributed by atoms with E-state index in [4.69, 9.17) is 50.5 Å². The fourth-order valence-electron chi connectivity index (χ4n) is 1.14. The van der Waals surface area contributed by atoms with E-state index in [-0.39, 0.29) is 5.84 Å². The predicted molar refractivity (Wildman–Crippen MR) is 69.6 cm³/mol. The predicted octanol–water partition coefficient (Wildman–Crippen LogP) is 3.55. The van der Waals surface area contributed by atoms with Crippen molar-refractivity contribution in [1.82, 2.24) is 0 Å². The molecule has 0 unspecified atom stereocenters. The molecule has 0 atom stereocenters. The van der Waals surface area contributed by atoms with Crippen molar-refractivity contribution >= 4 is 40.6 Å². The summed E-state index contributed by atoms with van der Waals surface area (Å²) in [6.45, 7) is 0.358. The summed E-state index contributed by atoms with van der Waals surface area (Å²) in [5, 5.41) is 12.3. The van der Waals surface area contributed by atoms with Gasteiger partial charge in [0, 0.05) is 11.4 Å². The Kier molecular flexibility index (Phi) is 5.68. The molecule has 0 aliphatic carbocycles. The summed E-state index contributed by atoms with van der Waals surface area (Å²) in [6, 6.07) is 3.10. The van der Waals surface area contributed by atoms with Gasteiger partial charge in [0.2, 0.25) is 0 Å². The van der Waals surface area contributed by atoms with Crippen LogP contribution in [0.4, 0.5) is 0 Å². The van der Waals surface area contributed by atoms with Gasteiger partial charge in [0.1, 0.15) is 5.84 Å². The molecule has 0 saturated heterocycles. The van der Waals surface area contributed by atoms with Crippen LogP contribution in [0.1, 0.15) is 12.8 Å². The number of oxime groups is 1. The highest BCUT2D eigenvalue weighted by Gasteiger charge is 2.08. The number of hydrogen-bond acceptors (Lipinski definition) is 3. The number of rotatable bonds is 5. The van der Waals surface area contributed by atoms with Crippen LogP contribution in [0.15, 0.2) is 17.3 Å². The molecular weight excluding hydrogens is 286 g/mol. The topological polar surface area (TPSA) is 67.8 Å². The van der Waals surface area contributed by atoms with Gasteiger partial charge >= 0.3 is 0 Å². The Hall–Kier alpha value is -0.840. The van der Waals surface area contributed by atoms with Crippen LogP contribution in [0.2, 0.25) is 15.1 Å². The van der Waals surface area contributed by atoms with Crippen molar-refractivity contribution < 1.29 is 9.94 Å². The highest BCUT2D eigenvalue weighted by atomic mass is 35.5. The normalized spacial score (nSPS) is 11.6. The molecule has 0 amide bonds. The molecule has 1 aromatic rings. The molecule has 0 aliphatic heterocycles. The van der Waals surface area contributed by atoms with Crippen LogP contribution in [0.3, 0.4) is 0 Å². The number of amidine groups is 1. The largest absolute Gasteiger partial charge is 0.490 e. The maximum absolute atomic E-state index is 8.34. The molecule has 0 radical (unpaired) electrons. The number of ether oxygens (including phenoxy) is 1. The summed E-state index contributed by atoms with van der Waals surface area (Å²) in [5.74, 6) is 0.541. The zero-order valence-corrected chi connectivity index (χ0v) is 11.1. The average Bonchev–Trinajstić information content (AvgIpc) is 2.26. The summed E-state index contributed by atoms with van der Waals surface area (Å²) < 4.78 is 5.40. The average molecular weight is 298 g/mol. The minimum Gasteiger partial charge on any atom is -0.490 e. The van der Waals surface area contributed by atoms with Gasteiger partial charge in [0.25, 0.3) is 0 Å². The van der Waals surface area contributed by atoms with Gasteiger partial charge in [0.15, 0.2) is 5.75 Å². The van der Waals surface area contributed by atoms with E-state index in [0.29, 0.717) is 40.3 Å². The van der Waals surface area contributed by atoms with Crippen molar-refractivity contribution in [3.8, 4) is 5.75 Å². The molecule has 17 heavy (non-hydrogen) atoms. The number of hydrogen-bond donors (Lipinski definition) is 2. The Morgan fingerprint density at radius 1 is 1.29 bits per heavy atom. The molecule has 3 N–H and O–H groups in total. The highest BCUT2D eigenvalue weighted by Crippen LogP contribution is 2.35. The lowest BCUT2D eigenvalue weighted by Gasteiger charge is -2.09. The van der Waals surface area contributed by atoms with Crippen LogP contribution < -0.4 is 10.5 Å². The number of nitrogens with zero attached hydrogens (tertiary/aromatic N) is 1. The smallest absolute Gasteiger partial charge is 0.156 e. The Morgan fingerprint density at radius 2 is 1.88 bits per heavy atom. The first-order valence-electron chi connectivity index (χ1n) is 4.78. The van der Waals surface area contributed by atoms with Crippen LogP contribution in [0.25, 0.3) is 0 Å². The second-order valence-electron chi connectivity index (χ2n) is 3.24. The van der Waals surface area contributed by atoms with E-state index in [9.17, 15) is 0 Å². The summed E-state index contributed by atoms with van der Waals surface area (Å²) in [4.78, 5) is 0. The standard InChI is InChI=1S/C10H11Cl3N2O2/c11-6-4-7(12)10(8(13)5-6)17-3-1-2-9(14)15-16/h4-5,16H,1-3H2,(H2,14,15). The molecule has 0 saturated carbocycles. The zero-order valence-electron chi connectivity index (χ0n) is 8.79. The fraction of sp³-hybridized carbons (Fsp3) is 0.300. The second kappa shape index (κ2) is 6.79. The number of benzene rings is 1. The van der Waals surface area contributed by atoms with Gasteiger partial charge in [-0.1, -0.05) is 40.0 Å². The van der Waals surface area contributed by atoms with Crippen LogP contribution in [-0.4, -0.2) is 17.6 Å². The van der Waals surface area contributed by atoms with Gasteiger partial charge in [0.05, 0.1) is 16.7 Å². The molecule has 4 nitrogen and oxygen atoms in total. The number of halogens is 3. The summed E-state index contributed by atoms with van der Waals surface area (Å²) in [6.07, 6.45) is 1.02. The van der Waals surface area contributed by atoms with Crippen LogP contribution in [-0.2, 0) is 0 Å². The lowest BCUT2D eigenvalue weighted by molar-refractivity contribution is 0.305. The molecule has 0 spiro atoms. The van der Waals surface area contributed by atoms with Crippen molar-refractivity contribution in [3.05, 3.63) is 27.2 Å². The fourth-order valence-corrected chi connectivity index (χ4v) is 2.07. The molecule has 1 aromatic carbocycles. The highest BCUT2D eigenvalue weighted by molar-refractivity contribution is 6.40. The lowest BCUT2D eigenvalue weighted by atomic mass is 10.3. The Labute approximate surface area is 114 Å². The van der Waals surface area contributed by atoms with Crippen LogP contribution >= 0.6 is 34.8 Å². The SMILES string of the molecule is N/C(CCCOc1c(Cl)cc(Cl)cc1Cl)=N\O. The van der Waals surface area contributed by atoms with Crippen molar-refractivity contribution in [2.24, 2.45) is 10.9 Å². The van der Waals surface area contributed by atoms with Crippen LogP contribution in [0, 0.1) is 0 Å². The first-order chi connectivity index (χ1) is 8.04. The lowest BCUT2D eigenvalue weighted by Crippen LogP contribution is -2.12. The first-order valence-corrected chi connectivity index (χ1v) is 5.91. The summed E-state index contributed by atoms with van der Waals surface area (Å²) in [5.41, 5.74) is 5.31. The third kappa shape index (κ3) is 4.50. The molecule has 0 heterocycles.